The third-order valence-electron chi connectivity index (χ3n) is 0.509. The normalized spacial score (nSPS) is 13.5. The van der Waals surface area contributed by atoms with Crippen molar-refractivity contribution in [2.75, 3.05) is 0 Å². The Morgan fingerprint density at radius 3 is 1.62 bits per heavy atom. The molecular weight excluding hydrogens is 212 g/mol. The molecule has 0 spiro atoms. The lowest BCUT2D eigenvalue weighted by Gasteiger charge is -2.03. The summed E-state index contributed by atoms with van der Waals surface area (Å²) < 4.78 is 0. The summed E-state index contributed by atoms with van der Waals surface area (Å²) in [5.41, 5.74) is -0.788. The average molecular weight is 226 g/mol. The van der Waals surface area contributed by atoms with E-state index in [4.69, 9.17) is 15.3 Å². The Kier molecular flexibility index (Phi) is 11.7. The minimum atomic E-state index is -0.981. The predicted molar refractivity (Wildman–Crippen MR) is 56.4 cm³/mol. The molecule has 0 aromatic heterocycles. The lowest BCUT2D eigenvalue weighted by Crippen LogP contribution is -1.93. The molecule has 0 fully saturated rings. The van der Waals surface area contributed by atoms with E-state index < -0.39 is 16.8 Å². The highest BCUT2D eigenvalue weighted by atomic mass is 33.1. The van der Waals surface area contributed by atoms with Gasteiger partial charge in [0, 0.05) is 6.08 Å². The second kappa shape index (κ2) is 9.91. The molecule has 0 radical (unpaired) electrons. The van der Waals surface area contributed by atoms with Gasteiger partial charge < -0.3 is 15.3 Å². The molecule has 0 aliphatic heterocycles. The van der Waals surface area contributed by atoms with Crippen molar-refractivity contribution in [3.63, 3.8) is 0 Å². The summed E-state index contributed by atoms with van der Waals surface area (Å²) in [4.78, 5) is 9.25. The summed E-state index contributed by atoms with van der Waals surface area (Å²) in [5, 5.41) is 24.9. The Morgan fingerprint density at radius 2 is 1.54 bits per heavy atom. The van der Waals surface area contributed by atoms with E-state index >= 15 is 0 Å². The van der Waals surface area contributed by atoms with Crippen LogP contribution in [-0.4, -0.2) is 32.2 Å². The molecule has 0 saturated heterocycles. The number of aliphatic hydroxyl groups is 2. The molecular formula is C7H14O4S2. The molecule has 0 aromatic rings. The van der Waals surface area contributed by atoms with Crippen LogP contribution in [0.3, 0.4) is 0 Å². The SMILES string of the molecule is C=CC(=O)O.CC(O)SSC(C)O. The number of hydrogen-bond donors (Lipinski definition) is 3. The molecule has 0 saturated carbocycles. The van der Waals surface area contributed by atoms with Crippen molar-refractivity contribution in [3.8, 4) is 0 Å². The van der Waals surface area contributed by atoms with E-state index in [9.17, 15) is 4.79 Å². The highest BCUT2D eigenvalue weighted by Crippen LogP contribution is 2.27. The number of rotatable bonds is 4. The van der Waals surface area contributed by atoms with Crippen LogP contribution in [0.25, 0.3) is 0 Å². The third-order valence-corrected chi connectivity index (χ3v) is 3.18. The molecule has 3 N–H and O–H groups in total. The van der Waals surface area contributed by atoms with E-state index in [0.717, 1.165) is 6.08 Å². The van der Waals surface area contributed by atoms with Crippen LogP contribution in [0.5, 0.6) is 0 Å². The van der Waals surface area contributed by atoms with Crippen LogP contribution in [-0.2, 0) is 4.79 Å². The van der Waals surface area contributed by atoms with Crippen molar-refractivity contribution in [1.82, 2.24) is 0 Å². The number of carboxylic acid groups (broad SMARTS) is 1. The van der Waals surface area contributed by atoms with E-state index in [1.807, 2.05) is 0 Å². The number of carbonyl (C=O) groups is 1. The Bertz CT molecular complexity index is 139. The lowest BCUT2D eigenvalue weighted by molar-refractivity contribution is -0.131. The van der Waals surface area contributed by atoms with Crippen molar-refractivity contribution in [1.29, 1.82) is 0 Å². The van der Waals surface area contributed by atoms with E-state index in [-0.39, 0.29) is 0 Å². The molecule has 78 valence electrons. The summed E-state index contributed by atoms with van der Waals surface area (Å²) in [5.74, 6) is -0.981. The van der Waals surface area contributed by atoms with Gasteiger partial charge in [-0.25, -0.2) is 4.79 Å². The maximum absolute atomic E-state index is 9.25. The van der Waals surface area contributed by atoms with Gasteiger partial charge in [-0.3, -0.25) is 0 Å². The van der Waals surface area contributed by atoms with Crippen molar-refractivity contribution < 1.29 is 20.1 Å². The fraction of sp³-hybridized carbons (Fsp3) is 0.571. The van der Waals surface area contributed by atoms with E-state index in [0.29, 0.717) is 0 Å². The second-order valence-electron chi connectivity index (χ2n) is 1.93. The van der Waals surface area contributed by atoms with Gasteiger partial charge in [-0.2, -0.15) is 0 Å². The molecule has 0 aliphatic carbocycles. The summed E-state index contributed by atoms with van der Waals surface area (Å²) in [6.07, 6.45) is 0.833. The first-order valence-electron chi connectivity index (χ1n) is 3.43. The number of carboxylic acids is 1. The molecule has 2 unspecified atom stereocenters. The molecule has 6 heteroatoms. The van der Waals surface area contributed by atoms with Crippen LogP contribution in [0.15, 0.2) is 12.7 Å². The number of hydrogen-bond acceptors (Lipinski definition) is 5. The minimum absolute atomic E-state index is 0.394. The molecule has 0 heterocycles. The molecule has 0 aromatic carbocycles. The summed E-state index contributed by atoms with van der Waals surface area (Å²) in [6.45, 7) is 6.29. The molecule has 0 rings (SSSR count). The van der Waals surface area contributed by atoms with Crippen molar-refractivity contribution >= 4 is 27.6 Å². The predicted octanol–water partition coefficient (Wildman–Crippen LogP) is 1.30. The van der Waals surface area contributed by atoms with Crippen molar-refractivity contribution in [2.24, 2.45) is 0 Å². The molecule has 13 heavy (non-hydrogen) atoms. The quantitative estimate of drug-likeness (QED) is 0.381. The fourth-order valence-corrected chi connectivity index (χ4v) is 1.45. The highest BCUT2D eigenvalue weighted by Gasteiger charge is 1.99. The highest BCUT2D eigenvalue weighted by molar-refractivity contribution is 8.77. The number of aliphatic hydroxyl groups excluding tert-OH is 2. The standard InChI is InChI=1S/C4H10O2S2.C3H4O2/c1-3(5)7-8-4(2)6;1-2-3(4)5/h3-6H,1-2H3;2H,1H2,(H,4,5). The molecule has 2 atom stereocenters. The van der Waals surface area contributed by atoms with Crippen LogP contribution in [0, 0.1) is 0 Å². The van der Waals surface area contributed by atoms with Crippen molar-refractivity contribution in [3.05, 3.63) is 12.7 Å². The Hall–Kier alpha value is -0.170. The Labute approximate surface area is 85.4 Å². The second-order valence-corrected chi connectivity index (χ2v) is 4.84. The van der Waals surface area contributed by atoms with Gasteiger partial charge in [-0.15, -0.1) is 0 Å². The van der Waals surface area contributed by atoms with Gasteiger partial charge in [-0.1, -0.05) is 28.2 Å². The zero-order valence-electron chi connectivity index (χ0n) is 7.51. The zero-order chi connectivity index (χ0) is 10.9. The van der Waals surface area contributed by atoms with Crippen LogP contribution in [0.4, 0.5) is 0 Å². The maximum atomic E-state index is 9.25. The first kappa shape index (κ1) is 15.3. The van der Waals surface area contributed by atoms with Gasteiger partial charge in [0.2, 0.25) is 0 Å². The van der Waals surface area contributed by atoms with E-state index in [2.05, 4.69) is 6.58 Å². The largest absolute Gasteiger partial charge is 0.478 e. The maximum Gasteiger partial charge on any atom is 0.327 e. The van der Waals surface area contributed by atoms with Crippen LogP contribution >= 0.6 is 21.6 Å². The van der Waals surface area contributed by atoms with Crippen LogP contribution < -0.4 is 0 Å². The van der Waals surface area contributed by atoms with E-state index in [1.165, 1.54) is 21.6 Å². The Morgan fingerprint density at radius 1 is 1.31 bits per heavy atom. The van der Waals surface area contributed by atoms with Gasteiger partial charge in [0.15, 0.2) is 0 Å². The first-order chi connectivity index (χ1) is 5.90. The van der Waals surface area contributed by atoms with Gasteiger partial charge in [0.25, 0.3) is 0 Å². The molecule has 0 aliphatic rings. The summed E-state index contributed by atoms with van der Waals surface area (Å²) in [7, 11) is 2.52. The van der Waals surface area contributed by atoms with Crippen molar-refractivity contribution in [2.45, 2.75) is 24.7 Å². The van der Waals surface area contributed by atoms with E-state index in [1.54, 1.807) is 13.8 Å². The molecule has 0 amide bonds. The smallest absolute Gasteiger partial charge is 0.327 e. The lowest BCUT2D eigenvalue weighted by atomic mass is 10.7. The van der Waals surface area contributed by atoms with Gasteiger partial charge in [0.05, 0.1) is 0 Å². The minimum Gasteiger partial charge on any atom is -0.478 e. The summed E-state index contributed by atoms with van der Waals surface area (Å²) >= 11 is 0. The Balaban J connectivity index is 0. The van der Waals surface area contributed by atoms with Crippen LogP contribution in [0.1, 0.15) is 13.8 Å². The molecule has 0 bridgehead atoms. The zero-order valence-corrected chi connectivity index (χ0v) is 9.14. The van der Waals surface area contributed by atoms with Gasteiger partial charge in [-0.05, 0) is 13.8 Å². The van der Waals surface area contributed by atoms with Crippen LogP contribution in [0.2, 0.25) is 0 Å². The first-order valence-corrected chi connectivity index (χ1v) is 5.71. The third kappa shape index (κ3) is 24.5. The van der Waals surface area contributed by atoms with Gasteiger partial charge >= 0.3 is 5.97 Å². The van der Waals surface area contributed by atoms with Gasteiger partial charge in [0.1, 0.15) is 10.9 Å². The monoisotopic (exact) mass is 226 g/mol. The fourth-order valence-electron chi connectivity index (χ4n) is 0.161. The summed E-state index contributed by atoms with van der Waals surface area (Å²) in [6, 6.07) is 0. The average Bonchev–Trinajstić information content (AvgIpc) is 2.02. The number of aliphatic carboxylic acids is 1. The topological polar surface area (TPSA) is 77.8 Å². The molecule has 4 nitrogen and oxygen atoms in total.